The van der Waals surface area contributed by atoms with Crippen LogP contribution in [0.1, 0.15) is 20.3 Å². The Labute approximate surface area is 168 Å². The van der Waals surface area contributed by atoms with E-state index in [1.807, 2.05) is 30.3 Å². The molecule has 0 fully saturated rings. The Morgan fingerprint density at radius 1 is 1.10 bits per heavy atom. The second-order valence-corrected chi connectivity index (χ2v) is 7.43. The van der Waals surface area contributed by atoms with E-state index in [0.717, 1.165) is 16.8 Å². The number of hydrogen-bond acceptors (Lipinski definition) is 6. The van der Waals surface area contributed by atoms with Gasteiger partial charge in [0.05, 0.1) is 29.6 Å². The summed E-state index contributed by atoms with van der Waals surface area (Å²) in [5, 5.41) is 27.5. The van der Waals surface area contributed by atoms with Crippen LogP contribution in [0.4, 0.5) is 0 Å². The second kappa shape index (κ2) is 8.50. The smallest absolute Gasteiger partial charge is 0.251 e. The first kappa shape index (κ1) is 20.6. The predicted octanol–water partition coefficient (Wildman–Crippen LogP) is 1.43. The largest absolute Gasteiger partial charge is 0.390 e. The lowest BCUT2D eigenvalue weighted by atomic mass is 9.85. The zero-order valence-electron chi connectivity index (χ0n) is 16.4. The number of rotatable bonds is 8. The zero-order chi connectivity index (χ0) is 21.0. The van der Waals surface area contributed by atoms with Crippen molar-refractivity contribution in [3.63, 3.8) is 0 Å². The number of Topliss-reactive ketones (excluding diaryl/α,β-unsaturated/α-hetero) is 1. The average molecular weight is 396 g/mol. The summed E-state index contributed by atoms with van der Waals surface area (Å²) in [6.45, 7) is 2.69. The van der Waals surface area contributed by atoms with E-state index >= 15 is 0 Å². The summed E-state index contributed by atoms with van der Waals surface area (Å²) in [6.07, 6.45) is 5.13. The number of ketones is 1. The van der Waals surface area contributed by atoms with E-state index in [2.05, 4.69) is 10.2 Å². The number of nitrogens with zero attached hydrogens (tertiary/aromatic N) is 4. The number of aryl methyl sites for hydroxylation is 1. The summed E-state index contributed by atoms with van der Waals surface area (Å²) in [5.74, 6) is -1.18. The fraction of sp³-hybridized carbons (Fsp3) is 0.333. The number of pyridine rings is 1. The molecule has 2 aromatic heterocycles. The zero-order valence-corrected chi connectivity index (χ0v) is 16.4. The Bertz CT molecular complexity index is 1020. The van der Waals surface area contributed by atoms with Crippen LogP contribution in [-0.4, -0.2) is 47.8 Å². The molecule has 8 heteroatoms. The number of carbonyl (C=O) groups is 1. The maximum Gasteiger partial charge on any atom is 0.251 e. The van der Waals surface area contributed by atoms with Gasteiger partial charge in [-0.15, -0.1) is 0 Å². The van der Waals surface area contributed by atoms with Gasteiger partial charge < -0.3 is 14.8 Å². The SMILES string of the molecule is CC(C)(O)C(CCn1ccc(-c2ccc(-n3nccn3)cc2)cc1=O)C(=O)CO. The molecule has 0 amide bonds. The molecule has 1 atom stereocenters. The fourth-order valence-corrected chi connectivity index (χ4v) is 3.29. The molecular weight excluding hydrogens is 372 g/mol. The van der Waals surface area contributed by atoms with Crippen molar-refractivity contribution in [3.05, 3.63) is 65.3 Å². The molecule has 1 aromatic carbocycles. The standard InChI is InChI=1S/C21H24N4O4/c1-21(2,29)18(19(27)14-26)8-12-24-11-7-16(13-20(24)28)15-3-5-17(6-4-15)25-22-9-10-23-25/h3-7,9-11,13,18,26,29H,8,12,14H2,1-2H3. The van der Waals surface area contributed by atoms with Crippen LogP contribution in [-0.2, 0) is 11.3 Å². The van der Waals surface area contributed by atoms with Gasteiger partial charge in [-0.1, -0.05) is 12.1 Å². The van der Waals surface area contributed by atoms with Crippen molar-refractivity contribution in [2.24, 2.45) is 5.92 Å². The molecule has 2 heterocycles. The average Bonchev–Trinajstić information content (AvgIpc) is 3.23. The van der Waals surface area contributed by atoms with Gasteiger partial charge >= 0.3 is 0 Å². The third kappa shape index (κ3) is 4.85. The maximum atomic E-state index is 12.5. The minimum atomic E-state index is -1.27. The van der Waals surface area contributed by atoms with Gasteiger partial charge in [0.15, 0.2) is 5.78 Å². The number of hydrogen-bond donors (Lipinski definition) is 2. The third-order valence-electron chi connectivity index (χ3n) is 4.90. The number of aromatic nitrogens is 4. The van der Waals surface area contributed by atoms with Crippen molar-refractivity contribution in [2.45, 2.75) is 32.4 Å². The fourth-order valence-electron chi connectivity index (χ4n) is 3.29. The molecule has 3 rings (SSSR count). The topological polar surface area (TPSA) is 110 Å². The van der Waals surface area contributed by atoms with Crippen LogP contribution in [0.2, 0.25) is 0 Å². The number of aliphatic hydroxyl groups excluding tert-OH is 1. The van der Waals surface area contributed by atoms with Crippen LogP contribution in [0.25, 0.3) is 16.8 Å². The summed E-state index contributed by atoms with van der Waals surface area (Å²) < 4.78 is 1.49. The van der Waals surface area contributed by atoms with Gasteiger partial charge in [-0.05, 0) is 49.6 Å². The highest BCUT2D eigenvalue weighted by Crippen LogP contribution is 2.22. The highest BCUT2D eigenvalue weighted by Gasteiger charge is 2.32. The first-order valence-corrected chi connectivity index (χ1v) is 9.33. The molecule has 0 aliphatic carbocycles. The van der Waals surface area contributed by atoms with Crippen LogP contribution in [0.3, 0.4) is 0 Å². The van der Waals surface area contributed by atoms with Crippen LogP contribution in [0, 0.1) is 5.92 Å². The van der Waals surface area contributed by atoms with Gasteiger partial charge in [-0.3, -0.25) is 9.59 Å². The van der Waals surface area contributed by atoms with Crippen molar-refractivity contribution in [1.82, 2.24) is 19.6 Å². The Morgan fingerprint density at radius 3 is 2.31 bits per heavy atom. The molecule has 8 nitrogen and oxygen atoms in total. The first-order valence-electron chi connectivity index (χ1n) is 9.33. The predicted molar refractivity (Wildman–Crippen MR) is 108 cm³/mol. The van der Waals surface area contributed by atoms with Gasteiger partial charge in [0, 0.05) is 18.8 Å². The van der Waals surface area contributed by atoms with E-state index in [1.165, 1.54) is 29.3 Å². The summed E-state index contributed by atoms with van der Waals surface area (Å²) in [7, 11) is 0. The van der Waals surface area contributed by atoms with Gasteiger partial charge in [0.1, 0.15) is 6.61 Å². The monoisotopic (exact) mass is 396 g/mol. The number of carbonyl (C=O) groups excluding carboxylic acids is 1. The van der Waals surface area contributed by atoms with Crippen molar-refractivity contribution >= 4 is 5.78 Å². The van der Waals surface area contributed by atoms with Crippen LogP contribution >= 0.6 is 0 Å². The van der Waals surface area contributed by atoms with E-state index in [4.69, 9.17) is 5.11 Å². The molecule has 0 spiro atoms. The molecule has 0 aliphatic heterocycles. The van der Waals surface area contributed by atoms with E-state index in [0.29, 0.717) is 0 Å². The van der Waals surface area contributed by atoms with Crippen LogP contribution in [0.15, 0.2) is 59.8 Å². The molecule has 3 aromatic rings. The van der Waals surface area contributed by atoms with E-state index < -0.39 is 23.9 Å². The van der Waals surface area contributed by atoms with Crippen LogP contribution in [0.5, 0.6) is 0 Å². The van der Waals surface area contributed by atoms with E-state index in [9.17, 15) is 14.7 Å². The summed E-state index contributed by atoms with van der Waals surface area (Å²) in [4.78, 5) is 25.9. The highest BCUT2D eigenvalue weighted by atomic mass is 16.3. The van der Waals surface area contributed by atoms with Gasteiger partial charge in [0.2, 0.25) is 0 Å². The molecule has 0 aliphatic rings. The lowest BCUT2D eigenvalue weighted by Gasteiger charge is -2.27. The minimum Gasteiger partial charge on any atom is -0.390 e. The Balaban J connectivity index is 1.75. The summed E-state index contributed by atoms with van der Waals surface area (Å²) in [5.41, 5.74) is 1.00. The summed E-state index contributed by atoms with van der Waals surface area (Å²) in [6, 6.07) is 10.9. The molecule has 29 heavy (non-hydrogen) atoms. The number of benzene rings is 1. The minimum absolute atomic E-state index is 0.203. The molecule has 0 saturated carbocycles. The second-order valence-electron chi connectivity index (χ2n) is 7.43. The molecular formula is C21H24N4O4. The van der Waals surface area contributed by atoms with E-state index in [1.54, 1.807) is 18.6 Å². The first-order chi connectivity index (χ1) is 13.8. The third-order valence-corrected chi connectivity index (χ3v) is 4.90. The molecule has 0 radical (unpaired) electrons. The molecule has 2 N–H and O–H groups in total. The van der Waals surface area contributed by atoms with Gasteiger partial charge in [-0.2, -0.15) is 15.0 Å². The van der Waals surface area contributed by atoms with Crippen molar-refractivity contribution in [1.29, 1.82) is 0 Å². The van der Waals surface area contributed by atoms with Crippen molar-refractivity contribution in [2.75, 3.05) is 6.61 Å². The van der Waals surface area contributed by atoms with Crippen molar-refractivity contribution < 1.29 is 15.0 Å². The lowest BCUT2D eigenvalue weighted by Crippen LogP contribution is -2.39. The Hall–Kier alpha value is -3.10. The van der Waals surface area contributed by atoms with E-state index in [-0.39, 0.29) is 18.5 Å². The van der Waals surface area contributed by atoms with Crippen LogP contribution < -0.4 is 5.56 Å². The number of aliphatic hydroxyl groups is 2. The maximum absolute atomic E-state index is 12.5. The normalized spacial score (nSPS) is 12.7. The van der Waals surface area contributed by atoms with Gasteiger partial charge in [-0.25, -0.2) is 0 Å². The van der Waals surface area contributed by atoms with Crippen molar-refractivity contribution in [3.8, 4) is 16.8 Å². The molecule has 0 saturated heterocycles. The molecule has 0 bridgehead atoms. The quantitative estimate of drug-likeness (QED) is 0.596. The highest BCUT2D eigenvalue weighted by molar-refractivity contribution is 5.83. The molecule has 1 unspecified atom stereocenters. The lowest BCUT2D eigenvalue weighted by molar-refractivity contribution is -0.133. The molecule has 152 valence electrons. The summed E-state index contributed by atoms with van der Waals surface area (Å²) >= 11 is 0. The van der Waals surface area contributed by atoms with Gasteiger partial charge in [0.25, 0.3) is 5.56 Å². The Morgan fingerprint density at radius 2 is 1.76 bits per heavy atom. The Kier molecular flexibility index (Phi) is 6.05.